The smallest absolute Gasteiger partial charge is 0.269 e. The van der Waals surface area contributed by atoms with Crippen LogP contribution in [0.4, 0.5) is 5.69 Å². The van der Waals surface area contributed by atoms with E-state index in [9.17, 15) is 14.9 Å². The molecule has 0 spiro atoms. The van der Waals surface area contributed by atoms with E-state index < -0.39 is 4.92 Å². The van der Waals surface area contributed by atoms with Gasteiger partial charge in [0.2, 0.25) is 0 Å². The molecule has 1 N–H and O–H groups in total. The number of non-ortho nitro benzene ring substituents is 1. The second kappa shape index (κ2) is 6.28. The fourth-order valence-corrected chi connectivity index (χ4v) is 2.97. The van der Waals surface area contributed by atoms with Gasteiger partial charge < -0.3 is 4.98 Å². The molecule has 0 bridgehead atoms. The molecule has 0 radical (unpaired) electrons. The number of nitrogens with one attached hydrogen (secondary N) is 1. The van der Waals surface area contributed by atoms with Gasteiger partial charge in [-0.05, 0) is 36.1 Å². The van der Waals surface area contributed by atoms with Crippen LogP contribution in [0.5, 0.6) is 0 Å². The van der Waals surface area contributed by atoms with Crippen molar-refractivity contribution in [1.29, 1.82) is 0 Å². The van der Waals surface area contributed by atoms with Gasteiger partial charge in [-0.3, -0.25) is 14.9 Å². The largest absolute Gasteiger partial charge is 0.322 e. The van der Waals surface area contributed by atoms with Crippen LogP contribution in [0.1, 0.15) is 29.2 Å². The Morgan fingerprint density at radius 3 is 2.62 bits per heavy atom. The summed E-state index contributed by atoms with van der Waals surface area (Å²) in [6, 6.07) is 12.5. The average molecular weight is 322 g/mol. The van der Waals surface area contributed by atoms with Crippen molar-refractivity contribution in [3.63, 3.8) is 0 Å². The molecule has 0 aliphatic rings. The first kappa shape index (κ1) is 15.9. The standard InChI is InChI=1S/C19H18N2O3/c1-3-13-7-8-16-12(2)17(19(22)20-18(16)11-13)10-14-5-4-6-15(9-14)21(23)24/h4-9,11H,3,10H2,1-2H3,(H,20,22). The zero-order chi connectivity index (χ0) is 17.3. The monoisotopic (exact) mass is 322 g/mol. The molecule has 3 aromatic rings. The highest BCUT2D eigenvalue weighted by Crippen LogP contribution is 2.22. The zero-order valence-electron chi connectivity index (χ0n) is 13.6. The number of hydrogen-bond donors (Lipinski definition) is 1. The Balaban J connectivity index is 2.08. The van der Waals surface area contributed by atoms with E-state index in [1.54, 1.807) is 12.1 Å². The van der Waals surface area contributed by atoms with Crippen LogP contribution < -0.4 is 5.56 Å². The lowest BCUT2D eigenvalue weighted by molar-refractivity contribution is -0.384. The van der Waals surface area contributed by atoms with Gasteiger partial charge >= 0.3 is 0 Å². The molecule has 0 saturated carbocycles. The van der Waals surface area contributed by atoms with Gasteiger partial charge in [0.1, 0.15) is 0 Å². The van der Waals surface area contributed by atoms with Crippen LogP contribution >= 0.6 is 0 Å². The quantitative estimate of drug-likeness (QED) is 0.584. The minimum atomic E-state index is -0.423. The van der Waals surface area contributed by atoms with Crippen molar-refractivity contribution in [2.75, 3.05) is 0 Å². The Kier molecular flexibility index (Phi) is 4.16. The summed E-state index contributed by atoms with van der Waals surface area (Å²) in [5.41, 5.74) is 4.22. The Morgan fingerprint density at radius 2 is 1.92 bits per heavy atom. The van der Waals surface area contributed by atoms with E-state index in [2.05, 4.69) is 18.0 Å². The van der Waals surface area contributed by atoms with E-state index >= 15 is 0 Å². The summed E-state index contributed by atoms with van der Waals surface area (Å²) in [7, 11) is 0. The SMILES string of the molecule is CCc1ccc2c(C)c(Cc3cccc([N+](=O)[O-])c3)c(=O)[nH]c2c1. The number of H-pyrrole nitrogens is 1. The summed E-state index contributed by atoms with van der Waals surface area (Å²) in [6.45, 7) is 4.00. The van der Waals surface area contributed by atoms with E-state index in [4.69, 9.17) is 0 Å². The number of pyridine rings is 1. The number of nitro benzene ring substituents is 1. The van der Waals surface area contributed by atoms with Gasteiger partial charge in [0.15, 0.2) is 0 Å². The third-order valence-corrected chi connectivity index (χ3v) is 4.37. The van der Waals surface area contributed by atoms with Crippen LogP contribution in [0.25, 0.3) is 10.9 Å². The number of rotatable bonds is 4. The molecule has 0 fully saturated rings. The summed E-state index contributed by atoms with van der Waals surface area (Å²) < 4.78 is 0. The van der Waals surface area contributed by atoms with Crippen LogP contribution in [0.3, 0.4) is 0 Å². The number of aromatic nitrogens is 1. The topological polar surface area (TPSA) is 76.0 Å². The second-order valence-electron chi connectivity index (χ2n) is 5.89. The molecular formula is C19H18N2O3. The minimum absolute atomic E-state index is 0.0370. The molecule has 0 aliphatic heterocycles. The average Bonchev–Trinajstić information content (AvgIpc) is 2.58. The predicted octanol–water partition coefficient (Wildman–Crippen LogP) is 3.90. The Labute approximate surface area is 139 Å². The van der Waals surface area contributed by atoms with E-state index in [0.717, 1.165) is 28.5 Å². The molecule has 5 heteroatoms. The Bertz CT molecular complexity index is 990. The van der Waals surface area contributed by atoms with E-state index in [1.165, 1.54) is 17.7 Å². The molecule has 5 nitrogen and oxygen atoms in total. The first-order chi connectivity index (χ1) is 11.5. The van der Waals surface area contributed by atoms with Crippen LogP contribution in [-0.4, -0.2) is 9.91 Å². The van der Waals surface area contributed by atoms with Gasteiger partial charge in [0.05, 0.1) is 4.92 Å². The van der Waals surface area contributed by atoms with Gasteiger partial charge in [0, 0.05) is 35.0 Å². The second-order valence-corrected chi connectivity index (χ2v) is 5.89. The van der Waals surface area contributed by atoms with Crippen molar-refractivity contribution >= 4 is 16.6 Å². The first-order valence-electron chi connectivity index (χ1n) is 7.87. The molecule has 2 aromatic carbocycles. The van der Waals surface area contributed by atoms with Crippen molar-refractivity contribution < 1.29 is 4.92 Å². The summed E-state index contributed by atoms with van der Waals surface area (Å²) >= 11 is 0. The van der Waals surface area contributed by atoms with Gasteiger partial charge in [-0.2, -0.15) is 0 Å². The molecule has 0 aliphatic carbocycles. The molecule has 0 atom stereocenters. The number of hydrogen-bond acceptors (Lipinski definition) is 3. The van der Waals surface area contributed by atoms with Crippen molar-refractivity contribution in [2.24, 2.45) is 0 Å². The summed E-state index contributed by atoms with van der Waals surface area (Å²) in [5.74, 6) is 0. The lowest BCUT2D eigenvalue weighted by Crippen LogP contribution is -2.15. The maximum atomic E-state index is 12.5. The van der Waals surface area contributed by atoms with Crippen LogP contribution in [-0.2, 0) is 12.8 Å². The summed E-state index contributed by atoms with van der Waals surface area (Å²) in [4.78, 5) is 25.9. The lowest BCUT2D eigenvalue weighted by Gasteiger charge is -2.10. The number of aryl methyl sites for hydroxylation is 2. The molecule has 24 heavy (non-hydrogen) atoms. The molecule has 0 saturated heterocycles. The Hall–Kier alpha value is -2.95. The van der Waals surface area contributed by atoms with E-state index in [-0.39, 0.29) is 11.2 Å². The highest BCUT2D eigenvalue weighted by atomic mass is 16.6. The molecule has 1 heterocycles. The highest BCUT2D eigenvalue weighted by molar-refractivity contribution is 5.83. The maximum Gasteiger partial charge on any atom is 0.269 e. The van der Waals surface area contributed by atoms with E-state index in [0.29, 0.717) is 12.0 Å². The fraction of sp³-hybridized carbons (Fsp3) is 0.211. The number of nitrogens with zero attached hydrogens (tertiary/aromatic N) is 1. The summed E-state index contributed by atoms with van der Waals surface area (Å²) in [5, 5.41) is 11.9. The van der Waals surface area contributed by atoms with Crippen LogP contribution in [0, 0.1) is 17.0 Å². The molecule has 0 amide bonds. The highest BCUT2D eigenvalue weighted by Gasteiger charge is 2.12. The Morgan fingerprint density at radius 1 is 1.12 bits per heavy atom. The third kappa shape index (κ3) is 2.93. The van der Waals surface area contributed by atoms with Crippen molar-refractivity contribution in [2.45, 2.75) is 26.7 Å². The maximum absolute atomic E-state index is 12.5. The zero-order valence-corrected chi connectivity index (χ0v) is 13.6. The molecule has 122 valence electrons. The number of benzene rings is 2. The minimum Gasteiger partial charge on any atom is -0.322 e. The van der Waals surface area contributed by atoms with Crippen LogP contribution in [0.2, 0.25) is 0 Å². The first-order valence-corrected chi connectivity index (χ1v) is 7.87. The van der Waals surface area contributed by atoms with Crippen molar-refractivity contribution in [1.82, 2.24) is 4.98 Å². The van der Waals surface area contributed by atoms with Crippen molar-refractivity contribution in [3.8, 4) is 0 Å². The third-order valence-electron chi connectivity index (χ3n) is 4.37. The lowest BCUT2D eigenvalue weighted by atomic mass is 9.97. The molecule has 3 rings (SSSR count). The van der Waals surface area contributed by atoms with E-state index in [1.807, 2.05) is 19.1 Å². The van der Waals surface area contributed by atoms with Crippen molar-refractivity contribution in [3.05, 3.63) is 85.2 Å². The molecule has 0 unspecified atom stereocenters. The summed E-state index contributed by atoms with van der Waals surface area (Å²) in [6.07, 6.45) is 1.28. The van der Waals surface area contributed by atoms with Gasteiger partial charge in [-0.25, -0.2) is 0 Å². The van der Waals surface area contributed by atoms with Gasteiger partial charge in [-0.15, -0.1) is 0 Å². The fourth-order valence-electron chi connectivity index (χ4n) is 2.97. The normalized spacial score (nSPS) is 10.9. The number of fused-ring (bicyclic) bond motifs is 1. The predicted molar refractivity (Wildman–Crippen MR) is 94.6 cm³/mol. The number of nitro groups is 1. The van der Waals surface area contributed by atoms with Gasteiger partial charge in [0.25, 0.3) is 11.2 Å². The molecule has 1 aromatic heterocycles. The number of aromatic amines is 1. The van der Waals surface area contributed by atoms with Gasteiger partial charge in [-0.1, -0.05) is 31.2 Å². The molecular weight excluding hydrogens is 304 g/mol. The van der Waals surface area contributed by atoms with Crippen LogP contribution in [0.15, 0.2) is 47.3 Å².